The molecule has 0 fully saturated rings. The molecule has 0 aliphatic carbocycles. The largest absolute Gasteiger partial charge is 0.478 e. The highest BCUT2D eigenvalue weighted by molar-refractivity contribution is 5.88. The van der Waals surface area contributed by atoms with Crippen molar-refractivity contribution in [3.05, 3.63) is 47.3 Å². The summed E-state index contributed by atoms with van der Waals surface area (Å²) in [4.78, 5) is 11.0. The maximum absolute atomic E-state index is 12.7. The van der Waals surface area contributed by atoms with E-state index in [9.17, 15) is 18.0 Å². The Labute approximate surface area is 112 Å². The molecule has 0 aliphatic heterocycles. The lowest BCUT2D eigenvalue weighted by Crippen LogP contribution is -2.09. The van der Waals surface area contributed by atoms with Gasteiger partial charge < -0.3 is 5.11 Å². The van der Waals surface area contributed by atoms with Crippen molar-refractivity contribution in [2.24, 2.45) is 0 Å². The molecule has 4 nitrogen and oxygen atoms in total. The van der Waals surface area contributed by atoms with E-state index in [1.165, 1.54) is 16.8 Å². The average molecular weight is 284 g/mol. The van der Waals surface area contributed by atoms with Gasteiger partial charge in [0, 0.05) is 0 Å². The van der Waals surface area contributed by atoms with E-state index in [1.807, 2.05) is 0 Å². The van der Waals surface area contributed by atoms with E-state index in [2.05, 4.69) is 5.10 Å². The summed E-state index contributed by atoms with van der Waals surface area (Å²) in [6.07, 6.45) is -2.97. The first-order valence-electron chi connectivity index (χ1n) is 5.82. The number of aromatic carboxylic acids is 1. The van der Waals surface area contributed by atoms with Gasteiger partial charge in [-0.05, 0) is 24.6 Å². The molecule has 0 amide bonds. The van der Waals surface area contributed by atoms with Crippen molar-refractivity contribution in [2.75, 3.05) is 0 Å². The first-order valence-corrected chi connectivity index (χ1v) is 5.82. The van der Waals surface area contributed by atoms with Crippen molar-refractivity contribution in [1.29, 1.82) is 0 Å². The summed E-state index contributed by atoms with van der Waals surface area (Å²) < 4.78 is 39.2. The molecule has 0 unspecified atom stereocenters. The van der Waals surface area contributed by atoms with Gasteiger partial charge >= 0.3 is 12.1 Å². The summed E-state index contributed by atoms with van der Waals surface area (Å²) in [6.45, 7) is 1.72. The van der Waals surface area contributed by atoms with Crippen LogP contribution < -0.4 is 0 Å². The quantitative estimate of drug-likeness (QED) is 0.942. The lowest BCUT2D eigenvalue weighted by molar-refractivity contribution is -0.137. The number of carbonyl (C=O) groups is 1. The molecule has 1 aromatic heterocycles. The number of benzene rings is 1. The molecule has 2 rings (SSSR count). The van der Waals surface area contributed by atoms with Crippen LogP contribution in [0.5, 0.6) is 0 Å². The molecule has 1 N–H and O–H groups in total. The first-order chi connectivity index (χ1) is 9.34. The zero-order valence-corrected chi connectivity index (χ0v) is 10.5. The maximum atomic E-state index is 12.7. The van der Waals surface area contributed by atoms with Crippen LogP contribution in [0.3, 0.4) is 0 Å². The molecule has 0 bridgehead atoms. The summed E-state index contributed by atoms with van der Waals surface area (Å²) in [5.41, 5.74) is -0.268. The molecular weight excluding hydrogens is 273 g/mol. The highest BCUT2D eigenvalue weighted by Gasteiger charge is 2.30. The Kier molecular flexibility index (Phi) is 3.52. The molecule has 1 heterocycles. The molecule has 0 saturated heterocycles. The Morgan fingerprint density at radius 1 is 1.40 bits per heavy atom. The van der Waals surface area contributed by atoms with Crippen LogP contribution in [0.2, 0.25) is 0 Å². The van der Waals surface area contributed by atoms with Crippen LogP contribution in [-0.2, 0) is 12.6 Å². The van der Waals surface area contributed by atoms with E-state index in [4.69, 9.17) is 5.11 Å². The fourth-order valence-electron chi connectivity index (χ4n) is 1.93. The molecule has 106 valence electrons. The van der Waals surface area contributed by atoms with Crippen LogP contribution in [-0.4, -0.2) is 20.9 Å². The molecule has 1 aromatic carbocycles. The van der Waals surface area contributed by atoms with E-state index >= 15 is 0 Å². The number of halogens is 3. The summed E-state index contributed by atoms with van der Waals surface area (Å²) in [5, 5.41) is 12.9. The molecular formula is C13H11F3N2O2. The second-order valence-corrected chi connectivity index (χ2v) is 4.12. The number of hydrogen-bond acceptors (Lipinski definition) is 2. The molecule has 2 aromatic rings. The Hall–Kier alpha value is -2.31. The highest BCUT2D eigenvalue weighted by Crippen LogP contribution is 2.30. The molecule has 0 saturated carbocycles. The molecule has 0 spiro atoms. The van der Waals surface area contributed by atoms with Crippen LogP contribution >= 0.6 is 0 Å². The van der Waals surface area contributed by atoms with Gasteiger partial charge in [-0.25, -0.2) is 9.48 Å². The zero-order chi connectivity index (χ0) is 14.9. The number of hydrogen-bond donors (Lipinski definition) is 1. The number of aromatic nitrogens is 2. The van der Waals surface area contributed by atoms with E-state index in [0.717, 1.165) is 18.3 Å². The fourth-order valence-corrected chi connectivity index (χ4v) is 1.93. The number of alkyl halides is 3. The second kappa shape index (κ2) is 4.99. The van der Waals surface area contributed by atoms with E-state index in [1.54, 1.807) is 6.92 Å². The predicted molar refractivity (Wildman–Crippen MR) is 64.9 cm³/mol. The third-order valence-corrected chi connectivity index (χ3v) is 2.85. The Morgan fingerprint density at radius 3 is 2.65 bits per heavy atom. The van der Waals surface area contributed by atoms with Gasteiger partial charge in [-0.2, -0.15) is 18.3 Å². The molecule has 0 aliphatic rings. The highest BCUT2D eigenvalue weighted by atomic mass is 19.4. The standard InChI is InChI=1S/C13H11F3N2O2/c1-2-11-10(12(19)20)7-17-18(11)9-5-3-4-8(6-9)13(14,15)16/h3-7H,2H2,1H3,(H,19,20). The van der Waals surface area contributed by atoms with Crippen LogP contribution in [0.4, 0.5) is 13.2 Å². The summed E-state index contributed by atoms with van der Waals surface area (Å²) >= 11 is 0. The molecule has 0 radical (unpaired) electrons. The minimum atomic E-state index is -4.45. The van der Waals surface area contributed by atoms with Crippen molar-refractivity contribution < 1.29 is 23.1 Å². The third kappa shape index (κ3) is 2.52. The van der Waals surface area contributed by atoms with Gasteiger partial charge in [-0.1, -0.05) is 13.0 Å². The van der Waals surface area contributed by atoms with Crippen molar-refractivity contribution >= 4 is 5.97 Å². The lowest BCUT2D eigenvalue weighted by Gasteiger charge is -2.10. The van der Waals surface area contributed by atoms with Crippen LogP contribution in [0.25, 0.3) is 5.69 Å². The van der Waals surface area contributed by atoms with Gasteiger partial charge in [0.15, 0.2) is 0 Å². The normalized spacial score (nSPS) is 11.6. The summed E-state index contributed by atoms with van der Waals surface area (Å²) in [5.74, 6) is -1.15. The maximum Gasteiger partial charge on any atom is 0.416 e. The van der Waals surface area contributed by atoms with Gasteiger partial charge in [-0.3, -0.25) is 0 Å². The monoisotopic (exact) mass is 284 g/mol. The molecule has 7 heteroatoms. The fraction of sp³-hybridized carbons (Fsp3) is 0.231. The number of carboxylic acid groups (broad SMARTS) is 1. The lowest BCUT2D eigenvalue weighted by atomic mass is 10.1. The van der Waals surface area contributed by atoms with Crippen molar-refractivity contribution in [3.8, 4) is 5.69 Å². The Morgan fingerprint density at radius 2 is 2.10 bits per heavy atom. The molecule has 0 atom stereocenters. The SMILES string of the molecule is CCc1c(C(=O)O)cnn1-c1cccc(C(F)(F)F)c1. The number of nitrogens with zero attached hydrogens (tertiary/aromatic N) is 2. The Bertz CT molecular complexity index is 647. The second-order valence-electron chi connectivity index (χ2n) is 4.12. The third-order valence-electron chi connectivity index (χ3n) is 2.85. The minimum Gasteiger partial charge on any atom is -0.478 e. The van der Waals surface area contributed by atoms with Gasteiger partial charge in [0.2, 0.25) is 0 Å². The van der Waals surface area contributed by atoms with Crippen molar-refractivity contribution in [2.45, 2.75) is 19.5 Å². The minimum absolute atomic E-state index is 0.00934. The van der Waals surface area contributed by atoms with E-state index in [-0.39, 0.29) is 11.3 Å². The number of rotatable bonds is 3. The predicted octanol–water partition coefficient (Wildman–Crippen LogP) is 3.15. The number of carboxylic acids is 1. The summed E-state index contributed by atoms with van der Waals surface area (Å²) in [6, 6.07) is 4.61. The zero-order valence-electron chi connectivity index (χ0n) is 10.5. The van der Waals surface area contributed by atoms with Crippen molar-refractivity contribution in [1.82, 2.24) is 9.78 Å². The smallest absolute Gasteiger partial charge is 0.416 e. The van der Waals surface area contributed by atoms with Gasteiger partial charge in [0.1, 0.15) is 5.56 Å². The average Bonchev–Trinajstić information content (AvgIpc) is 2.81. The van der Waals surface area contributed by atoms with E-state index in [0.29, 0.717) is 12.1 Å². The van der Waals surface area contributed by atoms with Crippen LogP contribution in [0, 0.1) is 0 Å². The van der Waals surface area contributed by atoms with Gasteiger partial charge in [0.05, 0.1) is 23.1 Å². The van der Waals surface area contributed by atoms with Crippen LogP contribution in [0.1, 0.15) is 28.5 Å². The Balaban J connectivity index is 2.55. The first kappa shape index (κ1) is 14.1. The molecule has 20 heavy (non-hydrogen) atoms. The van der Waals surface area contributed by atoms with Crippen LogP contribution in [0.15, 0.2) is 30.5 Å². The van der Waals surface area contributed by atoms with Crippen molar-refractivity contribution in [3.63, 3.8) is 0 Å². The summed E-state index contributed by atoms with van der Waals surface area (Å²) in [7, 11) is 0. The van der Waals surface area contributed by atoms with Gasteiger partial charge in [0.25, 0.3) is 0 Å². The topological polar surface area (TPSA) is 55.1 Å². The van der Waals surface area contributed by atoms with Gasteiger partial charge in [-0.15, -0.1) is 0 Å². The van der Waals surface area contributed by atoms with E-state index < -0.39 is 17.7 Å².